The van der Waals surface area contributed by atoms with E-state index in [1.807, 2.05) is 0 Å². The molecule has 128 valence electrons. The van der Waals surface area contributed by atoms with E-state index in [4.69, 9.17) is 0 Å². The van der Waals surface area contributed by atoms with Gasteiger partial charge in [-0.1, -0.05) is 18.2 Å². The second kappa shape index (κ2) is 6.51. The predicted octanol–water partition coefficient (Wildman–Crippen LogP) is 4.56. The smallest absolute Gasteiger partial charge is 0.299 e. The van der Waals surface area contributed by atoms with Crippen LogP contribution in [0.15, 0.2) is 48.7 Å². The van der Waals surface area contributed by atoms with Crippen LogP contribution in [0.3, 0.4) is 0 Å². The Labute approximate surface area is 138 Å². The number of aromatic nitrogens is 1. The van der Waals surface area contributed by atoms with Crippen LogP contribution in [0.25, 0.3) is 0 Å². The van der Waals surface area contributed by atoms with Gasteiger partial charge in [0.15, 0.2) is 5.67 Å². The highest BCUT2D eigenvalue weighted by Crippen LogP contribution is 2.36. The zero-order chi connectivity index (χ0) is 17.2. The molecule has 0 atom stereocenters. The standard InChI is InChI=1S/C18H18F4N2/c19-17(16-3-1-2-10-23-16)8-11-24(12-9-17)13-14-4-6-15(7-5-14)18(20,21)22/h1-7,10H,8-9,11-13H2. The maximum atomic E-state index is 15.0. The van der Waals surface area contributed by atoms with E-state index in [1.54, 1.807) is 24.4 Å². The van der Waals surface area contributed by atoms with Gasteiger partial charge in [0.1, 0.15) is 0 Å². The Balaban J connectivity index is 1.59. The van der Waals surface area contributed by atoms with Gasteiger partial charge in [0.25, 0.3) is 0 Å². The third kappa shape index (κ3) is 3.75. The van der Waals surface area contributed by atoms with Crippen molar-refractivity contribution in [3.8, 4) is 0 Å². The van der Waals surface area contributed by atoms with Crippen molar-refractivity contribution in [2.75, 3.05) is 13.1 Å². The van der Waals surface area contributed by atoms with Crippen LogP contribution < -0.4 is 0 Å². The van der Waals surface area contributed by atoms with E-state index < -0.39 is 17.4 Å². The van der Waals surface area contributed by atoms with Crippen molar-refractivity contribution in [2.24, 2.45) is 0 Å². The van der Waals surface area contributed by atoms with Gasteiger partial charge in [-0.15, -0.1) is 0 Å². The molecule has 1 saturated heterocycles. The summed E-state index contributed by atoms with van der Waals surface area (Å²) in [5.41, 5.74) is -0.813. The molecule has 1 aliphatic heterocycles. The van der Waals surface area contributed by atoms with Crippen LogP contribution in [0, 0.1) is 0 Å². The summed E-state index contributed by atoms with van der Waals surface area (Å²) in [5.74, 6) is 0. The minimum atomic E-state index is -4.32. The third-order valence-corrected chi connectivity index (χ3v) is 4.46. The van der Waals surface area contributed by atoms with Crippen molar-refractivity contribution < 1.29 is 17.6 Å². The SMILES string of the molecule is FC(F)(F)c1ccc(CN2CCC(F)(c3ccccn3)CC2)cc1. The van der Waals surface area contributed by atoms with Crippen LogP contribution in [-0.4, -0.2) is 23.0 Å². The largest absolute Gasteiger partial charge is 0.416 e. The molecule has 1 aromatic carbocycles. The monoisotopic (exact) mass is 338 g/mol. The first-order chi connectivity index (χ1) is 11.4. The first-order valence-corrected chi connectivity index (χ1v) is 7.86. The molecule has 0 amide bonds. The fourth-order valence-electron chi connectivity index (χ4n) is 3.01. The normalized spacial score (nSPS) is 18.5. The summed E-state index contributed by atoms with van der Waals surface area (Å²) < 4.78 is 52.7. The second-order valence-electron chi connectivity index (χ2n) is 6.15. The molecule has 0 unspecified atom stereocenters. The first-order valence-electron chi connectivity index (χ1n) is 7.86. The van der Waals surface area contributed by atoms with Gasteiger partial charge in [-0.3, -0.25) is 9.88 Å². The van der Waals surface area contributed by atoms with Gasteiger partial charge in [-0.05, 0) is 42.7 Å². The molecule has 0 radical (unpaired) electrons. The molecule has 2 aromatic rings. The van der Waals surface area contributed by atoms with Crippen LogP contribution in [0.5, 0.6) is 0 Å². The molecule has 6 heteroatoms. The van der Waals surface area contributed by atoms with Crippen molar-refractivity contribution >= 4 is 0 Å². The molecule has 0 saturated carbocycles. The fraction of sp³-hybridized carbons (Fsp3) is 0.389. The van der Waals surface area contributed by atoms with Crippen molar-refractivity contribution in [3.63, 3.8) is 0 Å². The van der Waals surface area contributed by atoms with Crippen molar-refractivity contribution in [3.05, 3.63) is 65.5 Å². The highest BCUT2D eigenvalue weighted by atomic mass is 19.4. The number of piperidine rings is 1. The van der Waals surface area contributed by atoms with E-state index in [1.165, 1.54) is 12.1 Å². The molecule has 2 nitrogen and oxygen atoms in total. The molecule has 1 aliphatic rings. The molecule has 24 heavy (non-hydrogen) atoms. The van der Waals surface area contributed by atoms with E-state index in [9.17, 15) is 17.6 Å². The number of pyridine rings is 1. The Morgan fingerprint density at radius 3 is 2.21 bits per heavy atom. The molecule has 0 spiro atoms. The average Bonchev–Trinajstić information content (AvgIpc) is 2.58. The molecule has 0 aliphatic carbocycles. The van der Waals surface area contributed by atoms with Gasteiger partial charge in [-0.2, -0.15) is 13.2 Å². The summed E-state index contributed by atoms with van der Waals surface area (Å²) >= 11 is 0. The van der Waals surface area contributed by atoms with Gasteiger partial charge in [0.2, 0.25) is 0 Å². The minimum absolute atomic E-state index is 0.338. The summed E-state index contributed by atoms with van der Waals surface area (Å²) in [6.45, 7) is 1.62. The van der Waals surface area contributed by atoms with Crippen LogP contribution in [0.1, 0.15) is 29.7 Å². The Morgan fingerprint density at radius 1 is 1.00 bits per heavy atom. The minimum Gasteiger partial charge on any atom is -0.299 e. The zero-order valence-corrected chi connectivity index (χ0v) is 13.1. The molecule has 0 bridgehead atoms. The molecule has 1 fully saturated rings. The number of benzene rings is 1. The quantitative estimate of drug-likeness (QED) is 0.763. The second-order valence-corrected chi connectivity index (χ2v) is 6.15. The lowest BCUT2D eigenvalue weighted by Gasteiger charge is -2.36. The highest BCUT2D eigenvalue weighted by molar-refractivity contribution is 5.24. The lowest BCUT2D eigenvalue weighted by Crippen LogP contribution is -2.40. The maximum absolute atomic E-state index is 15.0. The molecule has 3 rings (SSSR count). The van der Waals surface area contributed by atoms with Crippen molar-refractivity contribution in [1.82, 2.24) is 9.88 Å². The summed E-state index contributed by atoms with van der Waals surface area (Å²) in [7, 11) is 0. The number of alkyl halides is 4. The highest BCUT2D eigenvalue weighted by Gasteiger charge is 2.37. The first kappa shape index (κ1) is 16.9. The Kier molecular flexibility index (Phi) is 4.58. The number of likely N-dealkylation sites (tertiary alicyclic amines) is 1. The summed E-state index contributed by atoms with van der Waals surface area (Å²) in [5, 5.41) is 0. The van der Waals surface area contributed by atoms with Gasteiger partial charge in [-0.25, -0.2) is 4.39 Å². The Morgan fingerprint density at radius 2 is 1.67 bits per heavy atom. The molecular formula is C18H18F4N2. The number of hydrogen-bond donors (Lipinski definition) is 0. The van der Waals surface area contributed by atoms with Gasteiger partial charge in [0, 0.05) is 25.8 Å². The van der Waals surface area contributed by atoms with Gasteiger partial charge < -0.3 is 0 Å². The van der Waals surface area contributed by atoms with E-state index in [-0.39, 0.29) is 0 Å². The van der Waals surface area contributed by atoms with Gasteiger partial charge >= 0.3 is 6.18 Å². The lowest BCUT2D eigenvalue weighted by atomic mass is 9.89. The maximum Gasteiger partial charge on any atom is 0.416 e. The van der Waals surface area contributed by atoms with Crippen molar-refractivity contribution in [1.29, 1.82) is 0 Å². The third-order valence-electron chi connectivity index (χ3n) is 4.46. The van der Waals surface area contributed by atoms with Crippen LogP contribution >= 0.6 is 0 Å². The van der Waals surface area contributed by atoms with E-state index >= 15 is 0 Å². The zero-order valence-electron chi connectivity index (χ0n) is 13.1. The lowest BCUT2D eigenvalue weighted by molar-refractivity contribution is -0.137. The molecular weight excluding hydrogens is 320 g/mol. The van der Waals surface area contributed by atoms with Crippen LogP contribution in [0.4, 0.5) is 17.6 Å². The Hall–Kier alpha value is -1.95. The number of hydrogen-bond acceptors (Lipinski definition) is 2. The number of nitrogens with zero attached hydrogens (tertiary/aromatic N) is 2. The number of rotatable bonds is 3. The molecule has 2 heterocycles. The van der Waals surface area contributed by atoms with Crippen molar-refractivity contribution in [2.45, 2.75) is 31.2 Å². The summed E-state index contributed by atoms with van der Waals surface area (Å²) in [4.78, 5) is 6.17. The topological polar surface area (TPSA) is 16.1 Å². The number of halogens is 4. The van der Waals surface area contributed by atoms with Crippen LogP contribution in [-0.2, 0) is 18.4 Å². The van der Waals surface area contributed by atoms with Gasteiger partial charge in [0.05, 0.1) is 11.3 Å². The van der Waals surface area contributed by atoms with E-state index in [0.717, 1.165) is 17.7 Å². The fourth-order valence-corrected chi connectivity index (χ4v) is 3.01. The average molecular weight is 338 g/mol. The predicted molar refractivity (Wildman–Crippen MR) is 83.0 cm³/mol. The summed E-state index contributed by atoms with van der Waals surface area (Å²) in [6, 6.07) is 10.4. The Bertz CT molecular complexity index is 660. The van der Waals surface area contributed by atoms with Crippen LogP contribution in [0.2, 0.25) is 0 Å². The van der Waals surface area contributed by atoms with E-state index in [2.05, 4.69) is 9.88 Å². The molecule has 1 aromatic heterocycles. The summed E-state index contributed by atoms with van der Waals surface area (Å²) in [6.07, 6.45) is -2.05. The molecule has 0 N–H and O–H groups in total. The van der Waals surface area contributed by atoms with E-state index in [0.29, 0.717) is 38.2 Å².